The molecule has 19 heavy (non-hydrogen) atoms. The van der Waals surface area contributed by atoms with E-state index < -0.39 is 0 Å². The summed E-state index contributed by atoms with van der Waals surface area (Å²) >= 11 is 12.3. The van der Waals surface area contributed by atoms with Crippen molar-refractivity contribution in [2.45, 2.75) is 13.8 Å². The average Bonchev–Trinajstić information content (AvgIpc) is 2.37. The van der Waals surface area contributed by atoms with Gasteiger partial charge in [0.05, 0.1) is 23.1 Å². The molecule has 2 aromatic rings. The summed E-state index contributed by atoms with van der Waals surface area (Å²) in [4.78, 5) is 8.47. The topological polar surface area (TPSA) is 49.8 Å². The van der Waals surface area contributed by atoms with Gasteiger partial charge in [-0.3, -0.25) is 4.98 Å². The lowest BCUT2D eigenvalue weighted by molar-refractivity contribution is 1.12. The molecule has 0 amide bonds. The van der Waals surface area contributed by atoms with Gasteiger partial charge < -0.3 is 10.6 Å². The number of hydrogen-bond donors (Lipinski definition) is 2. The summed E-state index contributed by atoms with van der Waals surface area (Å²) in [6.07, 6.45) is 3.29. The van der Waals surface area contributed by atoms with E-state index in [0.29, 0.717) is 27.4 Å². The number of nitrogens with one attached hydrogen (secondary N) is 2. The maximum Gasteiger partial charge on any atom is 0.151 e. The molecule has 100 valence electrons. The van der Waals surface area contributed by atoms with Crippen LogP contribution in [-0.4, -0.2) is 16.5 Å². The Morgan fingerprint density at radius 2 is 1.84 bits per heavy atom. The smallest absolute Gasteiger partial charge is 0.151 e. The van der Waals surface area contributed by atoms with Crippen LogP contribution in [0.5, 0.6) is 0 Å². The predicted molar refractivity (Wildman–Crippen MR) is 80.7 cm³/mol. The number of aryl methyl sites for hydroxylation is 1. The van der Waals surface area contributed by atoms with E-state index in [9.17, 15) is 0 Å². The third-order valence-electron chi connectivity index (χ3n) is 2.50. The second kappa shape index (κ2) is 6.08. The molecule has 0 aliphatic rings. The minimum absolute atomic E-state index is 0.595. The molecule has 0 unspecified atom stereocenters. The van der Waals surface area contributed by atoms with Gasteiger partial charge in [-0.15, -0.1) is 0 Å². The number of benzene rings is 1. The predicted octanol–water partition coefficient (Wildman–Crippen LogP) is 4.27. The molecule has 1 aromatic heterocycles. The van der Waals surface area contributed by atoms with E-state index >= 15 is 0 Å². The van der Waals surface area contributed by atoms with Crippen LogP contribution in [0, 0.1) is 6.92 Å². The third kappa shape index (κ3) is 3.49. The Morgan fingerprint density at radius 1 is 1.11 bits per heavy atom. The Balaban J connectivity index is 2.25. The normalized spacial score (nSPS) is 10.3. The number of anilines is 3. The Kier molecular flexibility index (Phi) is 4.45. The summed E-state index contributed by atoms with van der Waals surface area (Å²) < 4.78 is 0. The summed E-state index contributed by atoms with van der Waals surface area (Å²) in [5.74, 6) is 1.32. The zero-order valence-electron chi connectivity index (χ0n) is 10.7. The molecule has 2 rings (SSSR count). The molecular formula is C13H14Cl2N4. The van der Waals surface area contributed by atoms with Crippen LogP contribution in [0.15, 0.2) is 24.5 Å². The quantitative estimate of drug-likeness (QED) is 0.885. The van der Waals surface area contributed by atoms with E-state index in [4.69, 9.17) is 23.2 Å². The average molecular weight is 297 g/mol. The first kappa shape index (κ1) is 13.9. The van der Waals surface area contributed by atoms with Crippen molar-refractivity contribution in [2.24, 2.45) is 0 Å². The van der Waals surface area contributed by atoms with Crippen molar-refractivity contribution in [1.82, 2.24) is 9.97 Å². The first-order valence-corrected chi connectivity index (χ1v) is 6.64. The van der Waals surface area contributed by atoms with Crippen LogP contribution in [-0.2, 0) is 0 Å². The molecule has 0 radical (unpaired) electrons. The molecule has 0 atom stereocenters. The summed E-state index contributed by atoms with van der Waals surface area (Å²) in [7, 11) is 0. The van der Waals surface area contributed by atoms with Gasteiger partial charge in [-0.2, -0.15) is 0 Å². The van der Waals surface area contributed by atoms with Crippen molar-refractivity contribution >= 4 is 40.5 Å². The lowest BCUT2D eigenvalue weighted by atomic mass is 10.2. The highest BCUT2D eigenvalue weighted by Gasteiger charge is 2.06. The molecule has 0 fully saturated rings. The molecule has 0 bridgehead atoms. The highest BCUT2D eigenvalue weighted by Crippen LogP contribution is 2.30. The van der Waals surface area contributed by atoms with Crippen molar-refractivity contribution < 1.29 is 0 Å². The SMILES string of the molecule is CCNc1cncc(Nc2cc(Cl)c(C)cc2Cl)n1. The largest absolute Gasteiger partial charge is 0.369 e. The van der Waals surface area contributed by atoms with Gasteiger partial charge >= 0.3 is 0 Å². The molecule has 0 aliphatic carbocycles. The summed E-state index contributed by atoms with van der Waals surface area (Å²) in [5.41, 5.74) is 1.64. The third-order valence-corrected chi connectivity index (χ3v) is 3.22. The van der Waals surface area contributed by atoms with Crippen molar-refractivity contribution in [2.75, 3.05) is 17.2 Å². The number of hydrogen-bond acceptors (Lipinski definition) is 4. The Bertz CT molecular complexity index is 587. The lowest BCUT2D eigenvalue weighted by Gasteiger charge is -2.10. The Labute approximate surface area is 122 Å². The molecule has 6 heteroatoms. The van der Waals surface area contributed by atoms with Crippen LogP contribution >= 0.6 is 23.2 Å². The maximum absolute atomic E-state index is 6.17. The van der Waals surface area contributed by atoms with Crippen LogP contribution in [0.25, 0.3) is 0 Å². The summed E-state index contributed by atoms with van der Waals surface area (Å²) in [6, 6.07) is 3.59. The van der Waals surface area contributed by atoms with Gasteiger partial charge in [0.1, 0.15) is 5.82 Å². The maximum atomic E-state index is 6.17. The second-order valence-corrected chi connectivity index (χ2v) is 4.84. The molecule has 0 saturated heterocycles. The van der Waals surface area contributed by atoms with Gasteiger partial charge in [-0.25, -0.2) is 4.98 Å². The Morgan fingerprint density at radius 3 is 2.58 bits per heavy atom. The highest BCUT2D eigenvalue weighted by atomic mass is 35.5. The van der Waals surface area contributed by atoms with Gasteiger partial charge in [0.15, 0.2) is 5.82 Å². The molecule has 1 aromatic carbocycles. The van der Waals surface area contributed by atoms with Crippen molar-refractivity contribution in [3.8, 4) is 0 Å². The van der Waals surface area contributed by atoms with Gasteiger partial charge in [0.25, 0.3) is 0 Å². The van der Waals surface area contributed by atoms with Crippen LogP contribution in [0.3, 0.4) is 0 Å². The molecule has 0 spiro atoms. The van der Waals surface area contributed by atoms with Crippen LogP contribution in [0.4, 0.5) is 17.3 Å². The van der Waals surface area contributed by atoms with Gasteiger partial charge in [0.2, 0.25) is 0 Å². The monoisotopic (exact) mass is 296 g/mol. The Hall–Kier alpha value is -1.52. The standard InChI is InChI=1S/C13H14Cl2N4/c1-3-17-12-6-16-7-13(19-12)18-11-5-9(14)8(2)4-10(11)15/h4-7H,3H2,1-2H3,(H2,17,18,19). The van der Waals surface area contributed by atoms with Gasteiger partial charge in [-0.1, -0.05) is 23.2 Å². The van der Waals surface area contributed by atoms with E-state index in [-0.39, 0.29) is 0 Å². The first-order chi connectivity index (χ1) is 9.10. The van der Waals surface area contributed by atoms with Crippen molar-refractivity contribution in [3.05, 3.63) is 40.1 Å². The first-order valence-electron chi connectivity index (χ1n) is 5.88. The molecular weight excluding hydrogens is 283 g/mol. The molecule has 0 saturated carbocycles. The molecule has 2 N–H and O–H groups in total. The minimum atomic E-state index is 0.595. The molecule has 1 heterocycles. The number of aromatic nitrogens is 2. The second-order valence-electron chi connectivity index (χ2n) is 4.03. The number of rotatable bonds is 4. The zero-order chi connectivity index (χ0) is 13.8. The van der Waals surface area contributed by atoms with E-state index in [2.05, 4.69) is 20.6 Å². The van der Waals surface area contributed by atoms with E-state index in [1.807, 2.05) is 19.9 Å². The van der Waals surface area contributed by atoms with E-state index in [1.54, 1.807) is 18.5 Å². The van der Waals surface area contributed by atoms with E-state index in [0.717, 1.165) is 12.1 Å². The minimum Gasteiger partial charge on any atom is -0.369 e. The zero-order valence-corrected chi connectivity index (χ0v) is 12.2. The van der Waals surface area contributed by atoms with Gasteiger partial charge in [-0.05, 0) is 31.5 Å². The summed E-state index contributed by atoms with van der Waals surface area (Å²) in [6.45, 7) is 4.69. The summed E-state index contributed by atoms with van der Waals surface area (Å²) in [5, 5.41) is 7.46. The highest BCUT2D eigenvalue weighted by molar-refractivity contribution is 6.35. The van der Waals surface area contributed by atoms with Crippen LogP contribution < -0.4 is 10.6 Å². The van der Waals surface area contributed by atoms with Crippen molar-refractivity contribution in [1.29, 1.82) is 0 Å². The van der Waals surface area contributed by atoms with E-state index in [1.165, 1.54) is 0 Å². The molecule has 0 aliphatic heterocycles. The van der Waals surface area contributed by atoms with Crippen LogP contribution in [0.1, 0.15) is 12.5 Å². The fourth-order valence-electron chi connectivity index (χ4n) is 1.57. The fraction of sp³-hybridized carbons (Fsp3) is 0.231. The fourth-order valence-corrected chi connectivity index (χ4v) is 2.00. The van der Waals surface area contributed by atoms with Crippen molar-refractivity contribution in [3.63, 3.8) is 0 Å². The number of nitrogens with zero attached hydrogens (tertiary/aromatic N) is 2. The number of halogens is 2. The lowest BCUT2D eigenvalue weighted by Crippen LogP contribution is -2.02. The van der Waals surface area contributed by atoms with Gasteiger partial charge in [0, 0.05) is 11.6 Å². The molecule has 4 nitrogen and oxygen atoms in total. The van der Waals surface area contributed by atoms with Crippen LogP contribution in [0.2, 0.25) is 10.0 Å².